The molecule has 0 radical (unpaired) electrons. The zero-order valence-corrected chi connectivity index (χ0v) is 11.8. The molecule has 0 unspecified atom stereocenters. The third kappa shape index (κ3) is 4.07. The number of methoxy groups -OCH3 is 1. The lowest BCUT2D eigenvalue weighted by Crippen LogP contribution is -2.23. The van der Waals surface area contributed by atoms with Crippen molar-refractivity contribution in [1.29, 1.82) is 0 Å². The second kappa shape index (κ2) is 7.09. The normalized spacial score (nSPS) is 9.76. The molecule has 21 heavy (non-hydrogen) atoms. The summed E-state index contributed by atoms with van der Waals surface area (Å²) in [5.41, 5.74) is 2.13. The van der Waals surface area contributed by atoms with Gasteiger partial charge in [-0.1, -0.05) is 6.08 Å². The van der Waals surface area contributed by atoms with Crippen LogP contribution < -0.4 is 15.4 Å². The summed E-state index contributed by atoms with van der Waals surface area (Å²) in [4.78, 5) is 15.9. The third-order valence-electron chi connectivity index (χ3n) is 2.79. The van der Waals surface area contributed by atoms with E-state index in [1.54, 1.807) is 25.4 Å². The second-order valence-electron chi connectivity index (χ2n) is 4.31. The molecule has 0 aliphatic rings. The predicted molar refractivity (Wildman–Crippen MR) is 83.0 cm³/mol. The topological polar surface area (TPSA) is 63.2 Å². The fraction of sp³-hybridized carbons (Fsp3) is 0.125. The first-order valence-electron chi connectivity index (χ1n) is 6.48. The Kier molecular flexibility index (Phi) is 4.93. The quantitative estimate of drug-likeness (QED) is 0.800. The van der Waals surface area contributed by atoms with Crippen molar-refractivity contribution in [3.05, 3.63) is 60.9 Å². The third-order valence-corrected chi connectivity index (χ3v) is 2.79. The molecule has 0 aliphatic carbocycles. The Hall–Kier alpha value is -2.82. The first-order valence-corrected chi connectivity index (χ1v) is 6.48. The average Bonchev–Trinajstić information content (AvgIpc) is 2.53. The molecule has 0 bridgehead atoms. The van der Waals surface area contributed by atoms with Crippen LogP contribution in [0.15, 0.2) is 55.4 Å². The molecule has 5 heteroatoms. The van der Waals surface area contributed by atoms with Gasteiger partial charge in [0.2, 0.25) is 0 Å². The van der Waals surface area contributed by atoms with Crippen molar-refractivity contribution in [1.82, 2.24) is 10.3 Å². The summed E-state index contributed by atoms with van der Waals surface area (Å²) in [6, 6.07) is 9.25. The summed E-state index contributed by atoms with van der Waals surface area (Å²) in [6.07, 6.45) is 4.82. The molecule has 0 spiro atoms. The van der Waals surface area contributed by atoms with Crippen molar-refractivity contribution in [2.75, 3.05) is 19.0 Å². The van der Waals surface area contributed by atoms with Gasteiger partial charge in [-0.15, -0.1) is 6.58 Å². The molecular weight excluding hydrogens is 266 g/mol. The van der Waals surface area contributed by atoms with Crippen LogP contribution in [-0.4, -0.2) is 24.5 Å². The van der Waals surface area contributed by atoms with Crippen molar-refractivity contribution in [3.63, 3.8) is 0 Å². The number of nitrogens with zero attached hydrogens (tertiary/aromatic N) is 1. The molecule has 0 fully saturated rings. The number of pyridine rings is 1. The Morgan fingerprint density at radius 1 is 1.29 bits per heavy atom. The molecule has 0 aliphatic heterocycles. The summed E-state index contributed by atoms with van der Waals surface area (Å²) in [7, 11) is 1.62. The van der Waals surface area contributed by atoms with E-state index in [2.05, 4.69) is 22.2 Å². The standard InChI is InChI=1S/C16H17N3O2/c1-3-8-18-16(20)12-9-14(11-17-10-12)19-13-4-6-15(21-2)7-5-13/h3-7,9-11,19H,1,8H2,2H3,(H,18,20). The Labute approximate surface area is 123 Å². The van der Waals surface area contributed by atoms with Crippen molar-refractivity contribution < 1.29 is 9.53 Å². The lowest BCUT2D eigenvalue weighted by atomic mass is 10.2. The zero-order valence-electron chi connectivity index (χ0n) is 11.8. The molecule has 2 N–H and O–H groups in total. The van der Waals surface area contributed by atoms with Crippen molar-refractivity contribution in [3.8, 4) is 5.75 Å². The molecule has 1 heterocycles. The van der Waals surface area contributed by atoms with E-state index >= 15 is 0 Å². The highest BCUT2D eigenvalue weighted by atomic mass is 16.5. The number of aromatic nitrogens is 1. The van der Waals surface area contributed by atoms with Crippen LogP contribution in [-0.2, 0) is 0 Å². The van der Waals surface area contributed by atoms with Crippen LogP contribution in [0.4, 0.5) is 11.4 Å². The van der Waals surface area contributed by atoms with Crippen LogP contribution in [0.3, 0.4) is 0 Å². The molecule has 0 saturated carbocycles. The number of nitrogens with one attached hydrogen (secondary N) is 2. The number of carbonyl (C=O) groups excluding carboxylic acids is 1. The van der Waals surface area contributed by atoms with E-state index in [0.717, 1.165) is 17.1 Å². The van der Waals surface area contributed by atoms with E-state index in [-0.39, 0.29) is 5.91 Å². The maximum atomic E-state index is 11.8. The Balaban J connectivity index is 2.09. The van der Waals surface area contributed by atoms with E-state index in [9.17, 15) is 4.79 Å². The minimum absolute atomic E-state index is 0.180. The van der Waals surface area contributed by atoms with Crippen LogP contribution in [0.1, 0.15) is 10.4 Å². The van der Waals surface area contributed by atoms with Gasteiger partial charge in [0.25, 0.3) is 5.91 Å². The second-order valence-corrected chi connectivity index (χ2v) is 4.31. The van der Waals surface area contributed by atoms with Gasteiger partial charge < -0.3 is 15.4 Å². The number of ether oxygens (including phenoxy) is 1. The number of anilines is 2. The van der Waals surface area contributed by atoms with E-state index in [1.165, 1.54) is 6.20 Å². The van der Waals surface area contributed by atoms with Crippen LogP contribution >= 0.6 is 0 Å². The average molecular weight is 283 g/mol. The monoisotopic (exact) mass is 283 g/mol. The summed E-state index contributed by atoms with van der Waals surface area (Å²) in [5, 5.41) is 5.90. The zero-order chi connectivity index (χ0) is 15.1. The molecule has 108 valence electrons. The molecule has 5 nitrogen and oxygen atoms in total. The maximum Gasteiger partial charge on any atom is 0.253 e. The molecule has 0 saturated heterocycles. The molecule has 2 rings (SSSR count). The van der Waals surface area contributed by atoms with Gasteiger partial charge in [-0.25, -0.2) is 0 Å². The van der Waals surface area contributed by atoms with Crippen LogP contribution in [0.2, 0.25) is 0 Å². The van der Waals surface area contributed by atoms with Gasteiger partial charge in [-0.3, -0.25) is 9.78 Å². The van der Waals surface area contributed by atoms with Gasteiger partial charge in [0.15, 0.2) is 0 Å². The summed E-state index contributed by atoms with van der Waals surface area (Å²) in [6.45, 7) is 3.99. The molecule has 2 aromatic rings. The molecule has 0 atom stereocenters. The molecule has 1 aromatic carbocycles. The largest absolute Gasteiger partial charge is 0.497 e. The van der Waals surface area contributed by atoms with E-state index in [4.69, 9.17) is 4.74 Å². The van der Waals surface area contributed by atoms with Crippen molar-refractivity contribution in [2.24, 2.45) is 0 Å². The Morgan fingerprint density at radius 3 is 2.71 bits per heavy atom. The Morgan fingerprint density at radius 2 is 2.05 bits per heavy atom. The number of benzene rings is 1. The van der Waals surface area contributed by atoms with E-state index in [0.29, 0.717) is 12.1 Å². The summed E-state index contributed by atoms with van der Waals surface area (Å²) >= 11 is 0. The number of amides is 1. The predicted octanol–water partition coefficient (Wildman–Crippen LogP) is 2.75. The van der Waals surface area contributed by atoms with Crippen LogP contribution in [0, 0.1) is 0 Å². The smallest absolute Gasteiger partial charge is 0.253 e. The van der Waals surface area contributed by atoms with E-state index < -0.39 is 0 Å². The summed E-state index contributed by atoms with van der Waals surface area (Å²) < 4.78 is 5.11. The van der Waals surface area contributed by atoms with Gasteiger partial charge in [0, 0.05) is 18.4 Å². The minimum atomic E-state index is -0.180. The molecular formula is C16H17N3O2. The number of hydrogen-bond acceptors (Lipinski definition) is 4. The van der Waals surface area contributed by atoms with Crippen LogP contribution in [0.5, 0.6) is 5.75 Å². The summed E-state index contributed by atoms with van der Waals surface area (Å²) in [5.74, 6) is 0.608. The first kappa shape index (κ1) is 14.6. The van der Waals surface area contributed by atoms with Gasteiger partial charge in [0.05, 0.1) is 24.6 Å². The van der Waals surface area contributed by atoms with Gasteiger partial charge in [0.1, 0.15) is 5.75 Å². The SMILES string of the molecule is C=CCNC(=O)c1cncc(Nc2ccc(OC)cc2)c1. The first-order chi connectivity index (χ1) is 10.2. The minimum Gasteiger partial charge on any atom is -0.497 e. The maximum absolute atomic E-state index is 11.8. The Bertz CT molecular complexity index is 624. The van der Waals surface area contributed by atoms with Gasteiger partial charge in [-0.2, -0.15) is 0 Å². The van der Waals surface area contributed by atoms with Gasteiger partial charge in [-0.05, 0) is 30.3 Å². The van der Waals surface area contributed by atoms with Gasteiger partial charge >= 0.3 is 0 Å². The lowest BCUT2D eigenvalue weighted by Gasteiger charge is -2.08. The number of hydrogen-bond donors (Lipinski definition) is 2. The highest BCUT2D eigenvalue weighted by molar-refractivity contribution is 5.94. The van der Waals surface area contributed by atoms with Crippen LogP contribution in [0.25, 0.3) is 0 Å². The lowest BCUT2D eigenvalue weighted by molar-refractivity contribution is 0.0957. The highest BCUT2D eigenvalue weighted by Crippen LogP contribution is 2.19. The number of rotatable bonds is 6. The highest BCUT2D eigenvalue weighted by Gasteiger charge is 2.06. The van der Waals surface area contributed by atoms with Crippen molar-refractivity contribution in [2.45, 2.75) is 0 Å². The van der Waals surface area contributed by atoms with Crippen molar-refractivity contribution >= 4 is 17.3 Å². The fourth-order valence-electron chi connectivity index (χ4n) is 1.74. The van der Waals surface area contributed by atoms with E-state index in [1.807, 2.05) is 24.3 Å². The molecule has 1 aromatic heterocycles. The fourth-order valence-corrected chi connectivity index (χ4v) is 1.74. The number of carbonyl (C=O) groups is 1. The molecule has 1 amide bonds.